The number of hydrogen-bond acceptors (Lipinski definition) is 6. The lowest BCUT2D eigenvalue weighted by atomic mass is 9.83. The lowest BCUT2D eigenvalue weighted by Gasteiger charge is -2.37. The molecular weight excluding hydrogens is 583 g/mol. The second-order valence-corrected chi connectivity index (χ2v) is 13.1. The summed E-state index contributed by atoms with van der Waals surface area (Å²) in [6.45, 7) is 1.20. The molecule has 0 bridgehead atoms. The molecule has 1 aliphatic carbocycles. The van der Waals surface area contributed by atoms with Gasteiger partial charge in [-0.3, -0.25) is 0 Å². The molecule has 8 nitrogen and oxygen atoms in total. The molecule has 0 amide bonds. The smallest absolute Gasteiger partial charge is 0.338 e. The Hall–Kier alpha value is -3.18. The Morgan fingerprint density at radius 1 is 1.07 bits per heavy atom. The van der Waals surface area contributed by atoms with Crippen LogP contribution in [0.1, 0.15) is 42.5 Å². The quantitative estimate of drug-likeness (QED) is 0.285. The minimum absolute atomic E-state index is 0.0367. The zero-order valence-electron chi connectivity index (χ0n) is 23.6. The number of carboxylic acid groups (broad SMARTS) is 1. The van der Waals surface area contributed by atoms with Crippen molar-refractivity contribution in [3.8, 4) is 16.9 Å². The lowest BCUT2D eigenvalue weighted by molar-refractivity contribution is 0.0692. The summed E-state index contributed by atoms with van der Waals surface area (Å²) < 4.78 is 55.2. The molecule has 11 heteroatoms. The molecule has 1 heterocycles. The first-order valence-corrected chi connectivity index (χ1v) is 15.8. The van der Waals surface area contributed by atoms with Crippen LogP contribution in [0.2, 0.25) is 5.02 Å². The number of sulfonamides is 1. The Morgan fingerprint density at radius 3 is 2.55 bits per heavy atom. The summed E-state index contributed by atoms with van der Waals surface area (Å²) in [7, 11) is -0.786. The molecule has 0 radical (unpaired) electrons. The Balaban J connectivity index is 1.68. The average molecular weight is 617 g/mol. The summed E-state index contributed by atoms with van der Waals surface area (Å²) >= 11 is 6.79. The number of halogens is 2. The van der Waals surface area contributed by atoms with Crippen LogP contribution in [-0.2, 0) is 14.8 Å². The van der Waals surface area contributed by atoms with Gasteiger partial charge in [-0.05, 0) is 60.7 Å². The summed E-state index contributed by atoms with van der Waals surface area (Å²) in [6.07, 6.45) is 5.12. The zero-order valence-corrected chi connectivity index (χ0v) is 25.1. The molecule has 5 rings (SSSR count). The lowest BCUT2D eigenvalue weighted by Crippen LogP contribution is -2.46. The molecule has 0 spiro atoms. The Bertz CT molecular complexity index is 1580. The highest BCUT2D eigenvalue weighted by molar-refractivity contribution is 7.89. The van der Waals surface area contributed by atoms with Crippen molar-refractivity contribution in [2.24, 2.45) is 5.92 Å². The van der Waals surface area contributed by atoms with E-state index in [1.807, 2.05) is 29.2 Å². The number of carboxylic acids is 1. The van der Waals surface area contributed by atoms with Gasteiger partial charge in [-0.25, -0.2) is 17.6 Å². The van der Waals surface area contributed by atoms with E-state index >= 15 is 0 Å². The van der Waals surface area contributed by atoms with E-state index < -0.39 is 27.4 Å². The number of aromatic carboxylic acids is 1. The molecule has 2 aliphatic rings. The fourth-order valence-corrected chi connectivity index (χ4v) is 7.84. The number of hydrogen-bond donors (Lipinski definition) is 1. The molecular formula is C31H34ClFN2O6S. The minimum Gasteiger partial charge on any atom is -0.491 e. The standard InChI is InChI=1S/C31H34ClFN2O6S/c1-34-29(20-7-4-3-5-8-20)19-35(22-9-6-10-23(16-22)41-14-13-40-2)28-18-26(32)24(17-30(28)42(34,38)39)21-11-12-27(33)25(15-21)31(36)37/h6,9-12,15-18,20,29H,3-5,7-8,13-14,19H2,1-2H3,(H,36,37)/t29-/m0/s1. The Labute approximate surface area is 250 Å². The summed E-state index contributed by atoms with van der Waals surface area (Å²) in [5.41, 5.74) is 1.22. The van der Waals surface area contributed by atoms with Gasteiger partial charge in [-0.2, -0.15) is 4.31 Å². The van der Waals surface area contributed by atoms with Crippen molar-refractivity contribution in [1.82, 2.24) is 4.31 Å². The Kier molecular flexibility index (Phi) is 9.08. The number of carbonyl (C=O) groups is 1. The maximum atomic E-state index is 14.3. The average Bonchev–Trinajstić information content (AvgIpc) is 3.06. The van der Waals surface area contributed by atoms with Gasteiger partial charge in [0.1, 0.15) is 23.1 Å². The number of rotatable bonds is 8. The van der Waals surface area contributed by atoms with Crippen molar-refractivity contribution in [1.29, 1.82) is 0 Å². The van der Waals surface area contributed by atoms with E-state index in [4.69, 9.17) is 21.1 Å². The molecule has 3 aromatic carbocycles. The monoisotopic (exact) mass is 616 g/mol. The molecule has 0 saturated heterocycles. The van der Waals surface area contributed by atoms with Crippen LogP contribution in [0.3, 0.4) is 0 Å². The number of fused-ring (bicyclic) bond motifs is 1. The van der Waals surface area contributed by atoms with Crippen molar-refractivity contribution < 1.29 is 32.2 Å². The first-order valence-electron chi connectivity index (χ1n) is 14.0. The SMILES string of the molecule is COCCOc1cccc(N2C[C@@H](C3CCCCC3)N(C)S(=O)(=O)c3cc(-c4ccc(F)c(C(=O)O)c4)c(Cl)cc32)c1. The third-order valence-corrected chi connectivity index (χ3v) is 10.4. The van der Waals surface area contributed by atoms with Gasteiger partial charge in [0.15, 0.2) is 0 Å². The molecule has 224 valence electrons. The van der Waals surface area contributed by atoms with Gasteiger partial charge in [0.05, 0.1) is 22.9 Å². The molecule has 0 aromatic heterocycles. The van der Waals surface area contributed by atoms with E-state index in [0.717, 1.165) is 43.9 Å². The molecule has 0 unspecified atom stereocenters. The van der Waals surface area contributed by atoms with Gasteiger partial charge < -0.3 is 19.5 Å². The predicted octanol–water partition coefficient (Wildman–Crippen LogP) is 6.59. The Morgan fingerprint density at radius 2 is 1.83 bits per heavy atom. The number of likely N-dealkylation sites (N-methyl/N-ethyl adjacent to an activating group) is 1. The topological polar surface area (TPSA) is 96.4 Å². The van der Waals surface area contributed by atoms with Gasteiger partial charge in [0, 0.05) is 44.1 Å². The van der Waals surface area contributed by atoms with Crippen LogP contribution in [-0.4, -0.2) is 63.8 Å². The van der Waals surface area contributed by atoms with Gasteiger partial charge in [0.25, 0.3) is 0 Å². The molecule has 1 N–H and O–H groups in total. The van der Waals surface area contributed by atoms with Crippen molar-refractivity contribution in [3.63, 3.8) is 0 Å². The molecule has 1 atom stereocenters. The van der Waals surface area contributed by atoms with Crippen LogP contribution < -0.4 is 9.64 Å². The highest BCUT2D eigenvalue weighted by Crippen LogP contribution is 2.45. The van der Waals surface area contributed by atoms with E-state index in [1.54, 1.807) is 20.2 Å². The van der Waals surface area contributed by atoms with Crippen LogP contribution in [0.5, 0.6) is 5.75 Å². The second-order valence-electron chi connectivity index (χ2n) is 10.7. The summed E-state index contributed by atoms with van der Waals surface area (Å²) in [5.74, 6) is -1.52. The van der Waals surface area contributed by atoms with Crippen molar-refractivity contribution in [2.75, 3.05) is 38.8 Å². The van der Waals surface area contributed by atoms with Gasteiger partial charge in [-0.1, -0.05) is 43.0 Å². The maximum absolute atomic E-state index is 14.3. The largest absolute Gasteiger partial charge is 0.491 e. The van der Waals surface area contributed by atoms with Crippen LogP contribution in [0, 0.1) is 11.7 Å². The highest BCUT2D eigenvalue weighted by Gasteiger charge is 2.41. The number of benzene rings is 3. The van der Waals surface area contributed by atoms with Crippen LogP contribution >= 0.6 is 11.6 Å². The molecule has 42 heavy (non-hydrogen) atoms. The maximum Gasteiger partial charge on any atom is 0.338 e. The molecule has 1 saturated carbocycles. The van der Waals surface area contributed by atoms with Crippen LogP contribution in [0.15, 0.2) is 59.5 Å². The summed E-state index contributed by atoms with van der Waals surface area (Å²) in [4.78, 5) is 13.6. The second kappa shape index (κ2) is 12.6. The normalized spacial score (nSPS) is 19.2. The van der Waals surface area contributed by atoms with Gasteiger partial charge in [-0.15, -0.1) is 0 Å². The summed E-state index contributed by atoms with van der Waals surface area (Å²) in [5, 5.41) is 9.67. The van der Waals surface area contributed by atoms with E-state index in [-0.39, 0.29) is 21.9 Å². The fourth-order valence-electron chi connectivity index (χ4n) is 5.97. The van der Waals surface area contributed by atoms with Crippen LogP contribution in [0.4, 0.5) is 15.8 Å². The molecule has 1 aliphatic heterocycles. The molecule has 1 fully saturated rings. The summed E-state index contributed by atoms with van der Waals surface area (Å²) in [6, 6.07) is 13.9. The fraction of sp³-hybridized carbons (Fsp3) is 0.387. The predicted molar refractivity (Wildman–Crippen MR) is 160 cm³/mol. The van der Waals surface area contributed by atoms with E-state index in [9.17, 15) is 22.7 Å². The first-order chi connectivity index (χ1) is 20.1. The molecule has 3 aromatic rings. The number of nitrogens with zero attached hydrogens (tertiary/aromatic N) is 2. The third-order valence-electron chi connectivity index (χ3n) is 8.22. The number of anilines is 2. The van der Waals surface area contributed by atoms with E-state index in [1.165, 1.54) is 22.5 Å². The van der Waals surface area contributed by atoms with E-state index in [0.29, 0.717) is 42.3 Å². The van der Waals surface area contributed by atoms with Crippen molar-refractivity contribution >= 4 is 39.0 Å². The first kappa shape index (κ1) is 30.3. The van der Waals surface area contributed by atoms with Gasteiger partial charge in [0.2, 0.25) is 10.0 Å². The third kappa shape index (κ3) is 5.99. The van der Waals surface area contributed by atoms with Crippen molar-refractivity contribution in [2.45, 2.75) is 43.0 Å². The number of methoxy groups -OCH3 is 1. The minimum atomic E-state index is -4.01. The zero-order chi connectivity index (χ0) is 30.0. The number of ether oxygens (including phenoxy) is 2. The highest BCUT2D eigenvalue weighted by atomic mass is 35.5. The van der Waals surface area contributed by atoms with Crippen LogP contribution in [0.25, 0.3) is 11.1 Å². The van der Waals surface area contributed by atoms with Crippen molar-refractivity contribution in [3.05, 3.63) is 71.0 Å². The van der Waals surface area contributed by atoms with Gasteiger partial charge >= 0.3 is 5.97 Å². The van der Waals surface area contributed by atoms with E-state index in [2.05, 4.69) is 0 Å².